The van der Waals surface area contributed by atoms with E-state index in [9.17, 15) is 14.7 Å². The summed E-state index contributed by atoms with van der Waals surface area (Å²) in [7, 11) is 1.26. The minimum absolute atomic E-state index is 0.611. The first kappa shape index (κ1) is 12.2. The molecule has 18 heavy (non-hydrogen) atoms. The zero-order valence-electron chi connectivity index (χ0n) is 9.90. The molecule has 92 valence electrons. The largest absolute Gasteiger partial charge is 0.481 e. The van der Waals surface area contributed by atoms with Crippen LogP contribution in [0.25, 0.3) is 0 Å². The molecule has 1 fully saturated rings. The average Bonchev–Trinajstić information content (AvgIpc) is 3.17. The molecular formula is C14H12O4. The Balaban J connectivity index is 2.28. The van der Waals surface area contributed by atoms with Crippen LogP contribution in [-0.2, 0) is 19.7 Å². The lowest BCUT2D eigenvalue weighted by atomic mass is 9.95. The molecular weight excluding hydrogens is 232 g/mol. The summed E-state index contributed by atoms with van der Waals surface area (Å²) in [5.74, 6) is 3.56. The summed E-state index contributed by atoms with van der Waals surface area (Å²) in [6.45, 7) is 0. The Morgan fingerprint density at radius 3 is 2.67 bits per heavy atom. The predicted octanol–water partition coefficient (Wildman–Crippen LogP) is 1.33. The number of methoxy groups -OCH3 is 1. The summed E-state index contributed by atoms with van der Waals surface area (Å²) in [6.07, 6.45) is 1.30. The second-order valence-electron chi connectivity index (χ2n) is 4.21. The van der Waals surface area contributed by atoms with Gasteiger partial charge < -0.3 is 9.84 Å². The maximum absolute atomic E-state index is 11.2. The van der Waals surface area contributed by atoms with Crippen LogP contribution in [0.2, 0.25) is 0 Å². The minimum Gasteiger partial charge on any atom is -0.481 e. The second-order valence-corrected chi connectivity index (χ2v) is 4.21. The van der Waals surface area contributed by atoms with Gasteiger partial charge in [-0.15, -0.1) is 0 Å². The predicted molar refractivity (Wildman–Crippen MR) is 63.9 cm³/mol. The van der Waals surface area contributed by atoms with Gasteiger partial charge in [-0.2, -0.15) is 0 Å². The van der Waals surface area contributed by atoms with Gasteiger partial charge in [0.25, 0.3) is 0 Å². The van der Waals surface area contributed by atoms with Gasteiger partial charge in [0.05, 0.1) is 12.5 Å². The van der Waals surface area contributed by atoms with Crippen molar-refractivity contribution in [3.8, 4) is 11.8 Å². The van der Waals surface area contributed by atoms with Crippen LogP contribution in [0.1, 0.15) is 24.0 Å². The third-order valence-corrected chi connectivity index (χ3v) is 3.07. The van der Waals surface area contributed by atoms with E-state index >= 15 is 0 Å². The number of hydrogen-bond donors (Lipinski definition) is 1. The van der Waals surface area contributed by atoms with Crippen LogP contribution in [0.5, 0.6) is 0 Å². The zero-order chi connectivity index (χ0) is 13.2. The van der Waals surface area contributed by atoms with Crippen molar-refractivity contribution in [2.75, 3.05) is 7.11 Å². The standard InChI is InChI=1S/C14H12O4/c1-18-12(15)6-5-10-3-2-4-11(9-10)14(7-8-14)13(16)17/h2-4,9H,7-8H2,1H3,(H,16,17). The molecule has 0 aliphatic heterocycles. The van der Waals surface area contributed by atoms with Crippen molar-refractivity contribution in [1.29, 1.82) is 0 Å². The maximum Gasteiger partial charge on any atom is 0.384 e. The molecule has 0 unspecified atom stereocenters. The summed E-state index contributed by atoms with van der Waals surface area (Å²) < 4.78 is 4.41. The van der Waals surface area contributed by atoms with E-state index in [4.69, 9.17) is 0 Å². The van der Waals surface area contributed by atoms with E-state index in [2.05, 4.69) is 16.6 Å². The Hall–Kier alpha value is -2.28. The van der Waals surface area contributed by atoms with Crippen LogP contribution in [0.3, 0.4) is 0 Å². The first-order valence-electron chi connectivity index (χ1n) is 5.52. The molecule has 0 bridgehead atoms. The fourth-order valence-corrected chi connectivity index (χ4v) is 1.82. The SMILES string of the molecule is COC(=O)C#Cc1cccc(C2(C(=O)O)CC2)c1. The number of carbonyl (C=O) groups is 2. The smallest absolute Gasteiger partial charge is 0.384 e. The lowest BCUT2D eigenvalue weighted by molar-refractivity contribution is -0.140. The number of esters is 1. The Morgan fingerprint density at radius 1 is 1.39 bits per heavy atom. The topological polar surface area (TPSA) is 63.6 Å². The fraction of sp³-hybridized carbons (Fsp3) is 0.286. The third-order valence-electron chi connectivity index (χ3n) is 3.07. The summed E-state index contributed by atoms with van der Waals surface area (Å²) >= 11 is 0. The third kappa shape index (κ3) is 2.21. The first-order valence-corrected chi connectivity index (χ1v) is 5.52. The normalized spacial score (nSPS) is 15.2. The molecule has 2 rings (SSSR count). The molecule has 1 aliphatic carbocycles. The number of aliphatic carboxylic acids is 1. The van der Waals surface area contributed by atoms with Crippen LogP contribution >= 0.6 is 0 Å². The highest BCUT2D eigenvalue weighted by Crippen LogP contribution is 2.48. The minimum atomic E-state index is -0.805. The van der Waals surface area contributed by atoms with Gasteiger partial charge in [0, 0.05) is 11.5 Å². The van der Waals surface area contributed by atoms with Gasteiger partial charge in [-0.05, 0) is 30.5 Å². The molecule has 0 radical (unpaired) electrons. The summed E-state index contributed by atoms with van der Waals surface area (Å²) in [4.78, 5) is 22.1. The quantitative estimate of drug-likeness (QED) is 0.629. The number of benzene rings is 1. The van der Waals surface area contributed by atoms with Gasteiger partial charge in [-0.3, -0.25) is 4.79 Å². The number of hydrogen-bond acceptors (Lipinski definition) is 3. The molecule has 0 heterocycles. The van der Waals surface area contributed by atoms with Crippen molar-refractivity contribution in [1.82, 2.24) is 0 Å². The Kier molecular flexibility index (Phi) is 3.07. The van der Waals surface area contributed by atoms with Crippen molar-refractivity contribution in [2.24, 2.45) is 0 Å². The number of rotatable bonds is 2. The number of carbonyl (C=O) groups excluding carboxylic acids is 1. The van der Waals surface area contributed by atoms with Crippen molar-refractivity contribution in [2.45, 2.75) is 18.3 Å². The molecule has 0 amide bonds. The molecule has 0 saturated heterocycles. The van der Waals surface area contributed by atoms with Gasteiger partial charge in [-0.25, -0.2) is 4.79 Å². The molecule has 0 aromatic heterocycles. The van der Waals surface area contributed by atoms with E-state index in [1.807, 2.05) is 0 Å². The molecule has 1 aliphatic rings. The molecule has 1 aromatic carbocycles. The van der Waals surface area contributed by atoms with E-state index in [1.54, 1.807) is 24.3 Å². The average molecular weight is 244 g/mol. The monoisotopic (exact) mass is 244 g/mol. The Labute approximate surface area is 105 Å². The van der Waals surface area contributed by atoms with Crippen molar-refractivity contribution < 1.29 is 19.4 Å². The van der Waals surface area contributed by atoms with E-state index in [-0.39, 0.29) is 0 Å². The lowest BCUT2D eigenvalue weighted by Gasteiger charge is -2.09. The van der Waals surface area contributed by atoms with E-state index in [0.717, 1.165) is 5.56 Å². The molecule has 0 spiro atoms. The number of carboxylic acid groups (broad SMARTS) is 1. The van der Waals surface area contributed by atoms with Crippen LogP contribution < -0.4 is 0 Å². The number of ether oxygens (including phenoxy) is 1. The number of carboxylic acids is 1. The van der Waals surface area contributed by atoms with Gasteiger partial charge in [-0.1, -0.05) is 18.1 Å². The highest BCUT2D eigenvalue weighted by molar-refractivity contribution is 5.89. The summed E-state index contributed by atoms with van der Waals surface area (Å²) in [6, 6.07) is 6.98. The van der Waals surface area contributed by atoms with Crippen LogP contribution in [-0.4, -0.2) is 24.2 Å². The maximum atomic E-state index is 11.2. The Morgan fingerprint density at radius 2 is 2.11 bits per heavy atom. The highest BCUT2D eigenvalue weighted by atomic mass is 16.5. The van der Waals surface area contributed by atoms with Gasteiger partial charge >= 0.3 is 11.9 Å². The summed E-state index contributed by atoms with van der Waals surface area (Å²) in [5.41, 5.74) is 0.611. The molecule has 0 atom stereocenters. The summed E-state index contributed by atoms with van der Waals surface area (Å²) in [5, 5.41) is 9.19. The first-order chi connectivity index (χ1) is 8.58. The fourth-order valence-electron chi connectivity index (χ4n) is 1.82. The van der Waals surface area contributed by atoms with E-state index in [0.29, 0.717) is 18.4 Å². The van der Waals surface area contributed by atoms with E-state index < -0.39 is 17.4 Å². The molecule has 1 saturated carbocycles. The van der Waals surface area contributed by atoms with Gasteiger partial charge in [0.1, 0.15) is 0 Å². The molecule has 4 nitrogen and oxygen atoms in total. The highest BCUT2D eigenvalue weighted by Gasteiger charge is 2.51. The van der Waals surface area contributed by atoms with Crippen LogP contribution in [0.4, 0.5) is 0 Å². The van der Waals surface area contributed by atoms with E-state index in [1.165, 1.54) is 7.11 Å². The van der Waals surface area contributed by atoms with Crippen molar-refractivity contribution in [3.05, 3.63) is 35.4 Å². The van der Waals surface area contributed by atoms with Crippen molar-refractivity contribution in [3.63, 3.8) is 0 Å². The zero-order valence-corrected chi connectivity index (χ0v) is 9.90. The molecule has 4 heteroatoms. The van der Waals surface area contributed by atoms with Gasteiger partial charge in [0.15, 0.2) is 0 Å². The van der Waals surface area contributed by atoms with Crippen LogP contribution in [0.15, 0.2) is 24.3 Å². The van der Waals surface area contributed by atoms with Crippen molar-refractivity contribution >= 4 is 11.9 Å². The lowest BCUT2D eigenvalue weighted by Crippen LogP contribution is -2.19. The molecule has 1 N–H and O–H groups in total. The van der Waals surface area contributed by atoms with Crippen LogP contribution in [0, 0.1) is 11.8 Å². The molecule has 1 aromatic rings. The second kappa shape index (κ2) is 4.53. The Bertz CT molecular complexity index is 559. The van der Waals surface area contributed by atoms with Gasteiger partial charge in [0.2, 0.25) is 0 Å².